The molecule has 0 bridgehead atoms. The summed E-state index contributed by atoms with van der Waals surface area (Å²) in [6.45, 7) is 8.18. The van der Waals surface area contributed by atoms with Crippen molar-refractivity contribution in [2.75, 3.05) is 0 Å². The fraction of sp³-hybridized carbons (Fsp3) is 0.357. The highest BCUT2D eigenvalue weighted by Gasteiger charge is 2.17. The van der Waals surface area contributed by atoms with Crippen LogP contribution in [0.5, 0.6) is 0 Å². The summed E-state index contributed by atoms with van der Waals surface area (Å²) in [7, 11) is -1.47. The van der Waals surface area contributed by atoms with E-state index in [2.05, 4.69) is 47.0 Å². The molecule has 0 heterocycles. The molecule has 0 amide bonds. The van der Waals surface area contributed by atoms with Gasteiger partial charge < -0.3 is 5.11 Å². The number of carboxylic acid groups (broad SMARTS) is 1. The number of carbonyl (C=O) groups is 1. The van der Waals surface area contributed by atoms with Gasteiger partial charge in [0.1, 0.15) is 8.07 Å². The molecule has 1 atom stereocenters. The Morgan fingerprint density at radius 2 is 2.00 bits per heavy atom. The van der Waals surface area contributed by atoms with Crippen LogP contribution in [0.25, 0.3) is 0 Å². The number of benzene rings is 1. The number of aliphatic carboxylic acids is 1. The Kier molecular flexibility index (Phi) is 4.77. The normalized spacial score (nSPS) is 12.5. The minimum absolute atomic E-state index is 0.538. The van der Waals surface area contributed by atoms with E-state index in [1.165, 1.54) is 0 Å². The first-order valence-corrected chi connectivity index (χ1v) is 10.1. The van der Waals surface area contributed by atoms with Crippen molar-refractivity contribution in [2.24, 2.45) is 0 Å². The molecule has 0 saturated heterocycles. The predicted molar refractivity (Wildman–Crippen MR) is 80.4 cm³/mol. The summed E-state index contributed by atoms with van der Waals surface area (Å²) < 4.78 is 0.920. The van der Waals surface area contributed by atoms with Crippen molar-refractivity contribution in [2.45, 2.75) is 32.5 Å². The smallest absolute Gasteiger partial charge is 0.310 e. The molecule has 1 rings (SSSR count). The Bertz CT molecular complexity index is 521. The number of hydrogen-bond acceptors (Lipinski definition) is 1. The molecule has 0 fully saturated rings. The molecular formula is C14H17BrO2Si. The zero-order valence-corrected chi connectivity index (χ0v) is 13.6. The molecule has 1 unspecified atom stereocenters. The van der Waals surface area contributed by atoms with Crippen LogP contribution in [0.15, 0.2) is 22.7 Å². The van der Waals surface area contributed by atoms with E-state index in [-0.39, 0.29) is 0 Å². The Labute approximate surface area is 118 Å². The van der Waals surface area contributed by atoms with E-state index in [0.29, 0.717) is 0 Å². The van der Waals surface area contributed by atoms with Gasteiger partial charge >= 0.3 is 5.97 Å². The highest BCUT2D eigenvalue weighted by molar-refractivity contribution is 9.10. The minimum Gasteiger partial charge on any atom is -0.481 e. The maximum Gasteiger partial charge on any atom is 0.310 e. The van der Waals surface area contributed by atoms with Crippen molar-refractivity contribution in [3.05, 3.63) is 33.8 Å². The molecule has 0 aliphatic carbocycles. The third-order valence-corrected chi connectivity index (χ3v) is 3.79. The van der Waals surface area contributed by atoms with Gasteiger partial charge in [0, 0.05) is 10.0 Å². The topological polar surface area (TPSA) is 37.3 Å². The number of halogens is 1. The summed E-state index contributed by atoms with van der Waals surface area (Å²) in [5.74, 6) is 1.78. The first kappa shape index (κ1) is 15.0. The predicted octanol–water partition coefficient (Wildman–Crippen LogP) is 3.87. The largest absolute Gasteiger partial charge is 0.481 e. The molecule has 1 N–H and O–H groups in total. The van der Waals surface area contributed by atoms with Gasteiger partial charge in [-0.15, -0.1) is 5.54 Å². The van der Waals surface area contributed by atoms with Gasteiger partial charge in [-0.05, 0) is 24.6 Å². The molecule has 2 nitrogen and oxygen atoms in total. The molecule has 0 spiro atoms. The lowest BCUT2D eigenvalue weighted by molar-refractivity contribution is -0.138. The van der Waals surface area contributed by atoms with E-state index in [0.717, 1.165) is 15.6 Å². The monoisotopic (exact) mass is 324 g/mol. The summed E-state index contributed by atoms with van der Waals surface area (Å²) in [6, 6.07) is 5.58. The molecule has 4 heteroatoms. The number of carboxylic acids is 1. The maximum absolute atomic E-state index is 11.1. The molecular weight excluding hydrogens is 308 g/mol. The van der Waals surface area contributed by atoms with E-state index in [9.17, 15) is 4.79 Å². The fourth-order valence-electron chi connectivity index (χ4n) is 1.40. The standard InChI is InChI=1S/C14H17BrO2Si/c1-10(14(16)17)13-6-5-12(15)9-11(13)7-8-18(2,3)4/h5-6,9-10H,1-4H3,(H,16,17). The van der Waals surface area contributed by atoms with Crippen molar-refractivity contribution in [1.29, 1.82) is 0 Å². The Hall–Kier alpha value is -1.05. The highest BCUT2D eigenvalue weighted by Crippen LogP contribution is 2.23. The lowest BCUT2D eigenvalue weighted by atomic mass is 9.96. The van der Waals surface area contributed by atoms with E-state index in [4.69, 9.17) is 5.11 Å². The van der Waals surface area contributed by atoms with Gasteiger partial charge in [-0.25, -0.2) is 0 Å². The summed E-state index contributed by atoms with van der Waals surface area (Å²) >= 11 is 3.40. The Morgan fingerprint density at radius 1 is 1.39 bits per heavy atom. The quantitative estimate of drug-likeness (QED) is 0.662. The lowest BCUT2D eigenvalue weighted by Gasteiger charge is -2.10. The van der Waals surface area contributed by atoms with Crippen molar-refractivity contribution < 1.29 is 9.90 Å². The third-order valence-electron chi connectivity index (χ3n) is 2.42. The van der Waals surface area contributed by atoms with E-state index in [1.807, 2.05) is 18.2 Å². The number of hydrogen-bond donors (Lipinski definition) is 1. The second-order valence-corrected chi connectivity index (χ2v) is 11.0. The van der Waals surface area contributed by atoms with E-state index in [1.54, 1.807) is 6.92 Å². The lowest BCUT2D eigenvalue weighted by Crippen LogP contribution is -2.16. The zero-order chi connectivity index (χ0) is 13.9. The van der Waals surface area contributed by atoms with Crippen LogP contribution >= 0.6 is 15.9 Å². The molecule has 96 valence electrons. The van der Waals surface area contributed by atoms with Gasteiger partial charge in [-0.3, -0.25) is 4.79 Å². The van der Waals surface area contributed by atoms with Gasteiger partial charge in [-0.2, -0.15) is 0 Å². The van der Waals surface area contributed by atoms with Gasteiger partial charge in [0.15, 0.2) is 0 Å². The molecule has 0 aliphatic heterocycles. The molecule has 0 aliphatic rings. The molecule has 18 heavy (non-hydrogen) atoms. The molecule has 0 aromatic heterocycles. The molecule has 1 aromatic carbocycles. The highest BCUT2D eigenvalue weighted by atomic mass is 79.9. The van der Waals surface area contributed by atoms with Crippen molar-refractivity contribution in [3.63, 3.8) is 0 Å². The first-order valence-electron chi connectivity index (χ1n) is 5.76. The first-order chi connectivity index (χ1) is 8.20. The van der Waals surface area contributed by atoms with Gasteiger partial charge in [0.05, 0.1) is 5.92 Å². The van der Waals surface area contributed by atoms with Crippen LogP contribution in [0.1, 0.15) is 24.0 Å². The van der Waals surface area contributed by atoms with E-state index >= 15 is 0 Å². The summed E-state index contributed by atoms with van der Waals surface area (Å²) in [6.07, 6.45) is 0. The fourth-order valence-corrected chi connectivity index (χ4v) is 2.27. The van der Waals surface area contributed by atoms with Crippen LogP contribution < -0.4 is 0 Å². The van der Waals surface area contributed by atoms with Gasteiger partial charge in [0.2, 0.25) is 0 Å². The number of rotatable bonds is 2. The van der Waals surface area contributed by atoms with Crippen LogP contribution in [-0.2, 0) is 4.79 Å². The molecule has 0 saturated carbocycles. The summed E-state index contributed by atoms with van der Waals surface area (Å²) in [5, 5.41) is 9.11. The second kappa shape index (κ2) is 5.72. The zero-order valence-electron chi connectivity index (χ0n) is 11.0. The minimum atomic E-state index is -1.47. The second-order valence-electron chi connectivity index (χ2n) is 5.29. The molecule has 1 aromatic rings. The van der Waals surface area contributed by atoms with Crippen molar-refractivity contribution in [1.82, 2.24) is 0 Å². The summed E-state index contributed by atoms with van der Waals surface area (Å²) in [5.41, 5.74) is 4.86. The molecule has 0 radical (unpaired) electrons. The van der Waals surface area contributed by atoms with E-state index < -0.39 is 20.0 Å². The SMILES string of the molecule is CC(C(=O)O)c1ccc(Br)cc1C#C[Si](C)(C)C. The van der Waals surface area contributed by atoms with Crippen LogP contribution in [0.2, 0.25) is 19.6 Å². The van der Waals surface area contributed by atoms with Crippen LogP contribution in [0.4, 0.5) is 0 Å². The summed E-state index contributed by atoms with van der Waals surface area (Å²) in [4.78, 5) is 11.1. The Morgan fingerprint density at radius 3 is 2.50 bits per heavy atom. The van der Waals surface area contributed by atoms with Crippen molar-refractivity contribution in [3.8, 4) is 11.5 Å². The average Bonchev–Trinajstić information content (AvgIpc) is 2.24. The van der Waals surface area contributed by atoms with Crippen LogP contribution in [-0.4, -0.2) is 19.1 Å². The van der Waals surface area contributed by atoms with Crippen LogP contribution in [0.3, 0.4) is 0 Å². The maximum atomic E-state index is 11.1. The Balaban J connectivity index is 3.27. The average molecular weight is 325 g/mol. The van der Waals surface area contributed by atoms with Gasteiger partial charge in [-0.1, -0.05) is 47.6 Å². The van der Waals surface area contributed by atoms with Crippen molar-refractivity contribution >= 4 is 30.0 Å². The third kappa shape index (κ3) is 4.32. The van der Waals surface area contributed by atoms with Crippen LogP contribution in [0, 0.1) is 11.5 Å². The van der Waals surface area contributed by atoms with Gasteiger partial charge in [0.25, 0.3) is 0 Å².